The van der Waals surface area contributed by atoms with Gasteiger partial charge < -0.3 is 4.57 Å². The zero-order valence-electron chi connectivity index (χ0n) is 11.2. The lowest BCUT2D eigenvalue weighted by molar-refractivity contribution is 0.797. The van der Waals surface area contributed by atoms with Crippen molar-refractivity contribution in [2.75, 3.05) is 0 Å². The zero-order valence-corrected chi connectivity index (χ0v) is 11.2. The lowest BCUT2D eigenvalue weighted by Gasteiger charge is -2.05. The number of nitrogens with zero attached hydrogens (tertiary/aromatic N) is 4. The summed E-state index contributed by atoms with van der Waals surface area (Å²) in [5, 5.41) is 9.22. The molecule has 104 valence electrons. The van der Waals surface area contributed by atoms with Crippen molar-refractivity contribution in [2.45, 2.75) is 6.54 Å². The van der Waals surface area contributed by atoms with Gasteiger partial charge in [0.25, 0.3) is 5.56 Å². The SMILES string of the molecule is Cn1c(=O)[nH]c(=O)c2c1nc(C#N)n2Cc1ccccc1. The van der Waals surface area contributed by atoms with E-state index in [-0.39, 0.29) is 17.0 Å². The molecule has 7 heteroatoms. The van der Waals surface area contributed by atoms with E-state index in [0.717, 1.165) is 5.56 Å². The van der Waals surface area contributed by atoms with Crippen LogP contribution in [0.4, 0.5) is 0 Å². The van der Waals surface area contributed by atoms with Crippen LogP contribution < -0.4 is 11.2 Å². The van der Waals surface area contributed by atoms with E-state index in [2.05, 4.69) is 9.97 Å². The number of aromatic amines is 1. The van der Waals surface area contributed by atoms with Gasteiger partial charge in [-0.25, -0.2) is 9.78 Å². The number of aryl methyl sites for hydroxylation is 1. The Labute approximate surface area is 118 Å². The molecule has 0 atom stereocenters. The van der Waals surface area contributed by atoms with Crippen LogP contribution in [0, 0.1) is 11.3 Å². The maximum atomic E-state index is 12.1. The van der Waals surface area contributed by atoms with Crippen molar-refractivity contribution in [1.82, 2.24) is 19.1 Å². The first-order valence-electron chi connectivity index (χ1n) is 6.25. The third-order valence-electron chi connectivity index (χ3n) is 3.29. The van der Waals surface area contributed by atoms with Crippen molar-refractivity contribution >= 4 is 11.2 Å². The number of imidazole rings is 1. The highest BCUT2D eigenvalue weighted by Gasteiger charge is 2.17. The minimum Gasteiger partial charge on any atom is -0.305 e. The first kappa shape index (κ1) is 12.9. The van der Waals surface area contributed by atoms with E-state index in [1.54, 1.807) is 0 Å². The molecular formula is C14H11N5O2. The second kappa shape index (κ2) is 4.76. The molecule has 0 aliphatic heterocycles. The first-order valence-corrected chi connectivity index (χ1v) is 6.25. The van der Waals surface area contributed by atoms with Crippen LogP contribution in [0.15, 0.2) is 39.9 Å². The summed E-state index contributed by atoms with van der Waals surface area (Å²) in [5.41, 5.74) is 0.259. The molecule has 3 rings (SSSR count). The van der Waals surface area contributed by atoms with Crippen LogP contribution in [-0.2, 0) is 13.6 Å². The molecule has 0 amide bonds. The summed E-state index contributed by atoms with van der Waals surface area (Å²) in [4.78, 5) is 30.0. The summed E-state index contributed by atoms with van der Waals surface area (Å²) in [6, 6.07) is 11.4. The molecule has 0 saturated heterocycles. The Kier molecular flexibility index (Phi) is 2.92. The number of hydrogen-bond acceptors (Lipinski definition) is 4. The number of fused-ring (bicyclic) bond motifs is 1. The lowest BCUT2D eigenvalue weighted by Crippen LogP contribution is -2.29. The van der Waals surface area contributed by atoms with Crippen molar-refractivity contribution in [1.29, 1.82) is 5.26 Å². The Hall–Kier alpha value is -3.14. The molecule has 7 nitrogen and oxygen atoms in total. The van der Waals surface area contributed by atoms with Crippen molar-refractivity contribution in [3.8, 4) is 6.07 Å². The average Bonchev–Trinajstić information content (AvgIpc) is 2.85. The maximum Gasteiger partial charge on any atom is 0.329 e. The van der Waals surface area contributed by atoms with Gasteiger partial charge in [0.1, 0.15) is 6.07 Å². The molecule has 0 aliphatic rings. The largest absolute Gasteiger partial charge is 0.329 e. The Morgan fingerprint density at radius 2 is 2.00 bits per heavy atom. The van der Waals surface area contributed by atoms with E-state index < -0.39 is 11.2 Å². The smallest absolute Gasteiger partial charge is 0.305 e. The fourth-order valence-electron chi connectivity index (χ4n) is 2.24. The van der Waals surface area contributed by atoms with E-state index in [4.69, 9.17) is 0 Å². The highest BCUT2D eigenvalue weighted by molar-refractivity contribution is 5.71. The Morgan fingerprint density at radius 3 is 2.67 bits per heavy atom. The second-order valence-electron chi connectivity index (χ2n) is 4.61. The number of nitrogens with one attached hydrogen (secondary N) is 1. The monoisotopic (exact) mass is 281 g/mol. The van der Waals surface area contributed by atoms with E-state index in [1.165, 1.54) is 16.2 Å². The molecule has 1 aromatic carbocycles. The van der Waals surface area contributed by atoms with Crippen LogP contribution in [0.3, 0.4) is 0 Å². The summed E-state index contributed by atoms with van der Waals surface area (Å²) < 4.78 is 2.74. The van der Waals surface area contributed by atoms with E-state index in [9.17, 15) is 14.9 Å². The van der Waals surface area contributed by atoms with Gasteiger partial charge in [-0.15, -0.1) is 0 Å². The van der Waals surface area contributed by atoms with Gasteiger partial charge in [-0.1, -0.05) is 30.3 Å². The number of rotatable bonds is 2. The summed E-state index contributed by atoms with van der Waals surface area (Å²) in [6.45, 7) is 0.335. The van der Waals surface area contributed by atoms with Crippen LogP contribution in [0.5, 0.6) is 0 Å². The summed E-state index contributed by atoms with van der Waals surface area (Å²) in [5.74, 6) is 0.0977. The average molecular weight is 281 g/mol. The third kappa shape index (κ3) is 2.03. The van der Waals surface area contributed by atoms with Gasteiger partial charge in [-0.05, 0) is 5.56 Å². The highest BCUT2D eigenvalue weighted by Crippen LogP contribution is 2.13. The molecular weight excluding hydrogens is 270 g/mol. The van der Waals surface area contributed by atoms with Crippen LogP contribution >= 0.6 is 0 Å². The maximum absolute atomic E-state index is 12.1. The topological polar surface area (TPSA) is 96.5 Å². The minimum atomic E-state index is -0.554. The molecule has 2 aromatic heterocycles. The molecule has 1 N–H and O–H groups in total. The molecule has 0 aliphatic carbocycles. The molecule has 0 bridgehead atoms. The van der Waals surface area contributed by atoms with Crippen molar-refractivity contribution < 1.29 is 0 Å². The fourth-order valence-corrected chi connectivity index (χ4v) is 2.24. The first-order chi connectivity index (χ1) is 10.1. The van der Waals surface area contributed by atoms with Gasteiger partial charge in [0, 0.05) is 7.05 Å². The minimum absolute atomic E-state index is 0.0977. The molecule has 0 radical (unpaired) electrons. The van der Waals surface area contributed by atoms with Gasteiger partial charge in [0.05, 0.1) is 6.54 Å². The number of nitriles is 1. The normalized spacial score (nSPS) is 10.7. The van der Waals surface area contributed by atoms with Crippen LogP contribution in [0.1, 0.15) is 11.4 Å². The number of H-pyrrole nitrogens is 1. The molecule has 3 aromatic rings. The summed E-state index contributed by atoms with van der Waals surface area (Å²) >= 11 is 0. The highest BCUT2D eigenvalue weighted by atomic mass is 16.2. The lowest BCUT2D eigenvalue weighted by atomic mass is 10.2. The molecule has 2 heterocycles. The third-order valence-corrected chi connectivity index (χ3v) is 3.29. The van der Waals surface area contributed by atoms with Crippen molar-refractivity contribution in [2.24, 2.45) is 7.05 Å². The van der Waals surface area contributed by atoms with Gasteiger partial charge >= 0.3 is 5.69 Å². The van der Waals surface area contributed by atoms with Gasteiger partial charge in [-0.3, -0.25) is 14.3 Å². The predicted octanol–water partition coefficient (Wildman–Crippen LogP) is 0.343. The molecule has 21 heavy (non-hydrogen) atoms. The predicted molar refractivity (Wildman–Crippen MR) is 75.9 cm³/mol. The van der Waals surface area contributed by atoms with Crippen molar-refractivity contribution in [3.63, 3.8) is 0 Å². The number of aromatic nitrogens is 4. The van der Waals surface area contributed by atoms with Crippen molar-refractivity contribution in [3.05, 3.63) is 62.6 Å². The summed E-state index contributed by atoms with van der Waals surface area (Å²) in [6.07, 6.45) is 0. The van der Waals surface area contributed by atoms with Gasteiger partial charge in [0.2, 0.25) is 5.82 Å². The van der Waals surface area contributed by atoms with Gasteiger partial charge in [0.15, 0.2) is 11.2 Å². The fraction of sp³-hybridized carbons (Fsp3) is 0.143. The standard InChI is InChI=1S/C14H11N5O2/c1-18-12-11(13(20)17-14(18)21)19(10(7-15)16-12)8-9-5-3-2-4-6-9/h2-6H,8H2,1H3,(H,17,20,21). The van der Waals surface area contributed by atoms with E-state index in [1.807, 2.05) is 36.4 Å². The Bertz CT molecular complexity index is 973. The molecule has 0 saturated carbocycles. The van der Waals surface area contributed by atoms with Crippen LogP contribution in [-0.4, -0.2) is 19.1 Å². The quantitative estimate of drug-likeness (QED) is 0.732. The molecule has 0 fully saturated rings. The summed E-state index contributed by atoms with van der Waals surface area (Å²) in [7, 11) is 1.50. The molecule has 0 unspecified atom stereocenters. The van der Waals surface area contributed by atoms with Gasteiger partial charge in [-0.2, -0.15) is 5.26 Å². The van der Waals surface area contributed by atoms with E-state index >= 15 is 0 Å². The van der Waals surface area contributed by atoms with Crippen LogP contribution in [0.2, 0.25) is 0 Å². The number of benzene rings is 1. The van der Waals surface area contributed by atoms with E-state index in [0.29, 0.717) is 6.54 Å². The second-order valence-corrected chi connectivity index (χ2v) is 4.61. The zero-order chi connectivity index (χ0) is 15.0. The molecule has 0 spiro atoms. The number of hydrogen-bond donors (Lipinski definition) is 1. The Balaban J connectivity index is 2.32. The Morgan fingerprint density at radius 1 is 1.29 bits per heavy atom. The van der Waals surface area contributed by atoms with Crippen LogP contribution in [0.25, 0.3) is 11.2 Å².